The number of ether oxygens (including phenoxy) is 1. The molecule has 0 N–H and O–H groups in total. The van der Waals surface area contributed by atoms with Crippen molar-refractivity contribution in [1.29, 1.82) is 0 Å². The SMILES string of the molecule is CC(C)(C)OC(=O)CCCCCCCCCCC(=O)Cl. The minimum Gasteiger partial charge on any atom is -0.460 e. The topological polar surface area (TPSA) is 43.4 Å². The summed E-state index contributed by atoms with van der Waals surface area (Å²) in [6.45, 7) is 5.67. The van der Waals surface area contributed by atoms with Gasteiger partial charge in [-0.2, -0.15) is 0 Å². The van der Waals surface area contributed by atoms with Gasteiger partial charge in [-0.25, -0.2) is 0 Å². The van der Waals surface area contributed by atoms with Gasteiger partial charge in [0.05, 0.1) is 0 Å². The van der Waals surface area contributed by atoms with Crippen LogP contribution in [-0.2, 0) is 14.3 Å². The highest BCUT2D eigenvalue weighted by Gasteiger charge is 2.15. The van der Waals surface area contributed by atoms with Gasteiger partial charge in [0.2, 0.25) is 5.24 Å². The second-order valence-electron chi connectivity index (χ2n) is 6.27. The molecule has 118 valence electrons. The summed E-state index contributed by atoms with van der Waals surface area (Å²) in [5, 5.41) is -0.229. The quantitative estimate of drug-likeness (QED) is 0.307. The highest BCUT2D eigenvalue weighted by atomic mass is 35.5. The predicted molar refractivity (Wildman–Crippen MR) is 82.9 cm³/mol. The second-order valence-corrected chi connectivity index (χ2v) is 6.69. The molecule has 0 rings (SSSR count). The number of unbranched alkanes of at least 4 members (excludes halogenated alkanes) is 7. The number of hydrogen-bond donors (Lipinski definition) is 0. The summed E-state index contributed by atoms with van der Waals surface area (Å²) in [4.78, 5) is 22.0. The van der Waals surface area contributed by atoms with E-state index in [0.717, 1.165) is 38.5 Å². The van der Waals surface area contributed by atoms with Crippen LogP contribution in [-0.4, -0.2) is 16.8 Å². The van der Waals surface area contributed by atoms with E-state index in [1.54, 1.807) is 0 Å². The van der Waals surface area contributed by atoms with E-state index in [1.165, 1.54) is 12.8 Å². The first kappa shape index (κ1) is 19.4. The molecule has 0 radical (unpaired) electrons. The van der Waals surface area contributed by atoms with Gasteiger partial charge in [-0.3, -0.25) is 9.59 Å². The highest BCUT2D eigenvalue weighted by molar-refractivity contribution is 6.63. The maximum absolute atomic E-state index is 11.5. The van der Waals surface area contributed by atoms with Crippen molar-refractivity contribution in [3.8, 4) is 0 Å². The minimum atomic E-state index is -0.374. The molecule has 0 aromatic heterocycles. The lowest BCUT2D eigenvalue weighted by Gasteiger charge is -2.19. The third-order valence-electron chi connectivity index (χ3n) is 2.92. The van der Waals surface area contributed by atoms with Crippen molar-refractivity contribution in [3.63, 3.8) is 0 Å². The average molecular weight is 305 g/mol. The van der Waals surface area contributed by atoms with E-state index in [2.05, 4.69) is 0 Å². The van der Waals surface area contributed by atoms with Crippen LogP contribution in [0.25, 0.3) is 0 Å². The van der Waals surface area contributed by atoms with Crippen molar-refractivity contribution in [2.45, 2.75) is 90.6 Å². The summed E-state index contributed by atoms with van der Waals surface area (Å²) in [6.07, 6.45) is 9.72. The van der Waals surface area contributed by atoms with Crippen molar-refractivity contribution in [1.82, 2.24) is 0 Å². The largest absolute Gasteiger partial charge is 0.460 e. The maximum atomic E-state index is 11.5. The Morgan fingerprint density at radius 2 is 1.20 bits per heavy atom. The van der Waals surface area contributed by atoms with Gasteiger partial charge >= 0.3 is 5.97 Å². The zero-order chi connectivity index (χ0) is 15.4. The van der Waals surface area contributed by atoms with E-state index in [4.69, 9.17) is 16.3 Å². The Morgan fingerprint density at radius 3 is 1.60 bits per heavy atom. The van der Waals surface area contributed by atoms with E-state index in [-0.39, 0.29) is 16.8 Å². The number of esters is 1. The summed E-state index contributed by atoms with van der Waals surface area (Å²) in [5.41, 5.74) is -0.374. The zero-order valence-corrected chi connectivity index (χ0v) is 13.9. The van der Waals surface area contributed by atoms with Crippen molar-refractivity contribution < 1.29 is 14.3 Å². The van der Waals surface area contributed by atoms with Crippen LogP contribution in [0.4, 0.5) is 0 Å². The van der Waals surface area contributed by atoms with E-state index in [0.29, 0.717) is 12.8 Å². The van der Waals surface area contributed by atoms with E-state index >= 15 is 0 Å². The Hall–Kier alpha value is -0.570. The fraction of sp³-hybridized carbons (Fsp3) is 0.875. The second kappa shape index (κ2) is 11.1. The molecule has 0 aliphatic rings. The number of halogens is 1. The number of hydrogen-bond acceptors (Lipinski definition) is 3. The van der Waals surface area contributed by atoms with Crippen molar-refractivity contribution in [2.75, 3.05) is 0 Å². The predicted octanol–water partition coefficient (Wildman–Crippen LogP) is 4.99. The first-order valence-corrected chi connectivity index (χ1v) is 8.09. The third-order valence-corrected chi connectivity index (χ3v) is 3.11. The van der Waals surface area contributed by atoms with Crippen LogP contribution in [0, 0.1) is 0 Å². The molecule has 20 heavy (non-hydrogen) atoms. The van der Waals surface area contributed by atoms with Gasteiger partial charge in [0.25, 0.3) is 0 Å². The smallest absolute Gasteiger partial charge is 0.306 e. The molecule has 0 spiro atoms. The Balaban J connectivity index is 3.25. The highest BCUT2D eigenvalue weighted by Crippen LogP contribution is 2.13. The fourth-order valence-electron chi connectivity index (χ4n) is 1.99. The van der Waals surface area contributed by atoms with Crippen LogP contribution < -0.4 is 0 Å². The summed E-state index contributed by atoms with van der Waals surface area (Å²) >= 11 is 5.26. The minimum absolute atomic E-state index is 0.0942. The average Bonchev–Trinajstić information content (AvgIpc) is 2.28. The van der Waals surface area contributed by atoms with Gasteiger partial charge in [0.1, 0.15) is 5.60 Å². The Kier molecular flexibility index (Phi) is 10.8. The molecule has 3 nitrogen and oxygen atoms in total. The Labute approximate surface area is 128 Å². The first-order valence-electron chi connectivity index (χ1n) is 7.71. The van der Waals surface area contributed by atoms with Crippen LogP contribution in [0.2, 0.25) is 0 Å². The molecular formula is C16H29ClO3. The van der Waals surface area contributed by atoms with Crippen LogP contribution in [0.3, 0.4) is 0 Å². The Morgan fingerprint density at radius 1 is 0.800 bits per heavy atom. The molecule has 0 aliphatic heterocycles. The molecule has 0 aromatic carbocycles. The summed E-state index contributed by atoms with van der Waals surface area (Å²) < 4.78 is 5.25. The van der Waals surface area contributed by atoms with Crippen molar-refractivity contribution in [3.05, 3.63) is 0 Å². The molecule has 0 aliphatic carbocycles. The molecule has 0 aromatic rings. The lowest BCUT2D eigenvalue weighted by molar-refractivity contribution is -0.154. The van der Waals surface area contributed by atoms with Crippen LogP contribution >= 0.6 is 11.6 Å². The monoisotopic (exact) mass is 304 g/mol. The standard InChI is InChI=1S/C16H29ClO3/c1-16(2,3)20-15(19)13-11-9-7-5-4-6-8-10-12-14(17)18/h4-13H2,1-3H3. The summed E-state index contributed by atoms with van der Waals surface area (Å²) in [5.74, 6) is -0.0942. The van der Waals surface area contributed by atoms with Crippen molar-refractivity contribution >= 4 is 22.8 Å². The molecule has 0 saturated heterocycles. The maximum Gasteiger partial charge on any atom is 0.306 e. The first-order chi connectivity index (χ1) is 9.31. The van der Waals surface area contributed by atoms with Gasteiger partial charge in [0, 0.05) is 12.8 Å². The molecule has 0 bridgehead atoms. The number of carbonyl (C=O) groups is 2. The summed E-state index contributed by atoms with van der Waals surface area (Å²) in [7, 11) is 0. The van der Waals surface area contributed by atoms with E-state index < -0.39 is 0 Å². The molecule has 0 amide bonds. The molecule has 4 heteroatoms. The molecule has 0 fully saturated rings. The van der Waals surface area contributed by atoms with Gasteiger partial charge in [-0.1, -0.05) is 38.5 Å². The van der Waals surface area contributed by atoms with Gasteiger partial charge in [-0.15, -0.1) is 0 Å². The fourth-order valence-corrected chi connectivity index (χ4v) is 2.12. The molecule has 0 heterocycles. The third kappa shape index (κ3) is 15.5. The van der Waals surface area contributed by atoms with Crippen molar-refractivity contribution in [2.24, 2.45) is 0 Å². The van der Waals surface area contributed by atoms with Gasteiger partial charge in [0.15, 0.2) is 0 Å². The van der Waals surface area contributed by atoms with Crippen LogP contribution in [0.15, 0.2) is 0 Å². The molecule has 0 unspecified atom stereocenters. The lowest BCUT2D eigenvalue weighted by Crippen LogP contribution is -2.23. The lowest BCUT2D eigenvalue weighted by atomic mass is 10.1. The zero-order valence-electron chi connectivity index (χ0n) is 13.2. The molecule has 0 atom stereocenters. The van der Waals surface area contributed by atoms with Crippen LogP contribution in [0.1, 0.15) is 85.0 Å². The Bertz CT molecular complexity index is 282. The molecular weight excluding hydrogens is 276 g/mol. The van der Waals surface area contributed by atoms with Crippen LogP contribution in [0.5, 0.6) is 0 Å². The number of rotatable bonds is 11. The van der Waals surface area contributed by atoms with Gasteiger partial charge in [-0.05, 0) is 45.2 Å². The van der Waals surface area contributed by atoms with Gasteiger partial charge < -0.3 is 4.74 Å². The summed E-state index contributed by atoms with van der Waals surface area (Å²) in [6, 6.07) is 0. The number of carbonyl (C=O) groups excluding carboxylic acids is 2. The van der Waals surface area contributed by atoms with E-state index in [1.807, 2.05) is 20.8 Å². The normalized spacial score (nSPS) is 11.4. The van der Waals surface area contributed by atoms with E-state index in [9.17, 15) is 9.59 Å². The molecule has 0 saturated carbocycles.